The van der Waals surface area contributed by atoms with E-state index in [1.165, 1.54) is 41.2 Å². The third-order valence-corrected chi connectivity index (χ3v) is 5.33. The lowest BCUT2D eigenvalue weighted by molar-refractivity contribution is 0.102. The summed E-state index contributed by atoms with van der Waals surface area (Å²) in [5.74, 6) is -0.729. The summed E-state index contributed by atoms with van der Waals surface area (Å²) >= 11 is 1.28. The third kappa shape index (κ3) is 5.21. The number of aryl methyl sites for hydroxylation is 1. The van der Waals surface area contributed by atoms with Gasteiger partial charge in [-0.1, -0.05) is 71.5 Å². The van der Waals surface area contributed by atoms with Crippen LogP contribution in [0.15, 0.2) is 84.0 Å². The Morgan fingerprint density at radius 3 is 2.42 bits per heavy atom. The van der Waals surface area contributed by atoms with Crippen molar-refractivity contribution in [3.8, 4) is 11.3 Å². The minimum Gasteiger partial charge on any atom is -0.312 e. The van der Waals surface area contributed by atoms with Gasteiger partial charge in [0.05, 0.1) is 6.21 Å². The molecule has 0 aliphatic rings. The van der Waals surface area contributed by atoms with Gasteiger partial charge in [-0.2, -0.15) is 5.10 Å². The van der Waals surface area contributed by atoms with Crippen LogP contribution in [0.5, 0.6) is 0 Å². The molecular formula is C24H19FN4OS. The lowest BCUT2D eigenvalue weighted by atomic mass is 10.1. The molecule has 0 saturated carbocycles. The monoisotopic (exact) mass is 430 g/mol. The lowest BCUT2D eigenvalue weighted by Gasteiger charge is -2.05. The van der Waals surface area contributed by atoms with Gasteiger partial charge in [0, 0.05) is 11.1 Å². The number of halogens is 1. The smallest absolute Gasteiger partial charge is 0.256 e. The Morgan fingerprint density at radius 2 is 1.71 bits per heavy atom. The van der Waals surface area contributed by atoms with Gasteiger partial charge in [0.25, 0.3) is 5.91 Å². The molecule has 3 aromatic carbocycles. The lowest BCUT2D eigenvalue weighted by Crippen LogP contribution is -2.11. The number of hydrazone groups is 1. The van der Waals surface area contributed by atoms with Crippen molar-refractivity contribution in [3.05, 3.63) is 101 Å². The van der Waals surface area contributed by atoms with E-state index in [1.54, 1.807) is 6.21 Å². The first kappa shape index (κ1) is 20.4. The number of rotatable bonds is 6. The molecule has 4 rings (SSSR count). The maximum atomic E-state index is 13.2. The summed E-state index contributed by atoms with van der Waals surface area (Å²) in [5.41, 5.74) is 6.94. The van der Waals surface area contributed by atoms with Crippen molar-refractivity contribution in [2.75, 3.05) is 10.7 Å². The molecule has 0 radical (unpaired) electrons. The quantitative estimate of drug-likeness (QED) is 0.293. The summed E-state index contributed by atoms with van der Waals surface area (Å²) < 4.78 is 13.2. The molecular weight excluding hydrogens is 411 g/mol. The van der Waals surface area contributed by atoms with Gasteiger partial charge in [0.15, 0.2) is 0 Å². The van der Waals surface area contributed by atoms with Gasteiger partial charge < -0.3 is 5.32 Å². The predicted octanol–water partition coefficient (Wildman–Crippen LogP) is 5.96. The number of anilines is 2. The van der Waals surface area contributed by atoms with Crippen LogP contribution in [-0.2, 0) is 0 Å². The Balaban J connectivity index is 1.57. The Labute approximate surface area is 183 Å². The van der Waals surface area contributed by atoms with Crippen molar-refractivity contribution in [2.45, 2.75) is 6.92 Å². The van der Waals surface area contributed by atoms with E-state index in [0.717, 1.165) is 11.1 Å². The average molecular weight is 431 g/mol. The number of aromatic nitrogens is 1. The van der Waals surface area contributed by atoms with Gasteiger partial charge in [-0.15, -0.1) is 0 Å². The molecule has 31 heavy (non-hydrogen) atoms. The number of nitrogens with one attached hydrogen (secondary N) is 2. The topological polar surface area (TPSA) is 66.4 Å². The first-order valence-electron chi connectivity index (χ1n) is 9.57. The maximum Gasteiger partial charge on any atom is 0.256 e. The van der Waals surface area contributed by atoms with E-state index >= 15 is 0 Å². The second kappa shape index (κ2) is 9.32. The van der Waals surface area contributed by atoms with Crippen molar-refractivity contribution < 1.29 is 9.18 Å². The first-order chi connectivity index (χ1) is 15.1. The van der Waals surface area contributed by atoms with Gasteiger partial charge in [0.1, 0.15) is 16.5 Å². The van der Waals surface area contributed by atoms with E-state index in [0.29, 0.717) is 21.4 Å². The molecule has 0 saturated heterocycles. The van der Waals surface area contributed by atoms with Crippen LogP contribution in [0.3, 0.4) is 0 Å². The fraction of sp³-hybridized carbons (Fsp3) is 0.0417. The Bertz CT molecular complexity index is 1200. The number of nitrogens with zero attached hydrogens (tertiary/aromatic N) is 2. The number of amides is 1. The molecule has 0 aliphatic heterocycles. The van der Waals surface area contributed by atoms with E-state index in [1.807, 2.05) is 61.5 Å². The van der Waals surface area contributed by atoms with E-state index in [9.17, 15) is 9.18 Å². The van der Waals surface area contributed by atoms with Gasteiger partial charge in [-0.05, 0) is 36.8 Å². The van der Waals surface area contributed by atoms with E-state index in [4.69, 9.17) is 0 Å². The van der Waals surface area contributed by atoms with Gasteiger partial charge >= 0.3 is 0 Å². The molecule has 0 spiro atoms. The zero-order chi connectivity index (χ0) is 21.6. The minimum atomic E-state index is -0.391. The van der Waals surface area contributed by atoms with Crippen LogP contribution in [0.25, 0.3) is 11.3 Å². The second-order valence-electron chi connectivity index (χ2n) is 6.80. The summed E-state index contributed by atoms with van der Waals surface area (Å²) in [6.45, 7) is 2.03. The molecule has 154 valence electrons. The van der Waals surface area contributed by atoms with Crippen molar-refractivity contribution >= 4 is 33.6 Å². The summed E-state index contributed by atoms with van der Waals surface area (Å²) in [5, 5.41) is 8.25. The zero-order valence-corrected chi connectivity index (χ0v) is 17.5. The number of benzene rings is 3. The van der Waals surface area contributed by atoms with Crippen LogP contribution >= 0.6 is 11.3 Å². The fourth-order valence-electron chi connectivity index (χ4n) is 2.84. The molecule has 0 fully saturated rings. The van der Waals surface area contributed by atoms with E-state index in [2.05, 4.69) is 20.8 Å². The van der Waals surface area contributed by atoms with Gasteiger partial charge in [-0.3, -0.25) is 10.2 Å². The van der Waals surface area contributed by atoms with Crippen LogP contribution < -0.4 is 10.7 Å². The molecule has 1 heterocycles. The number of carbonyl (C=O) groups excluding carboxylic acids is 1. The van der Waals surface area contributed by atoms with Crippen LogP contribution in [0.1, 0.15) is 21.5 Å². The number of hydrogen-bond acceptors (Lipinski definition) is 5. The largest absolute Gasteiger partial charge is 0.312 e. The molecule has 0 unspecified atom stereocenters. The molecule has 5 nitrogen and oxygen atoms in total. The first-order valence-corrected chi connectivity index (χ1v) is 10.4. The fourth-order valence-corrected chi connectivity index (χ4v) is 3.67. The van der Waals surface area contributed by atoms with Crippen molar-refractivity contribution in [2.24, 2.45) is 5.10 Å². The van der Waals surface area contributed by atoms with E-state index < -0.39 is 5.82 Å². The Hall–Kier alpha value is -3.84. The number of hydrogen-bond donors (Lipinski definition) is 2. The highest BCUT2D eigenvalue weighted by Crippen LogP contribution is 2.36. The Kier molecular flexibility index (Phi) is 6.14. The molecule has 0 bridgehead atoms. The summed E-state index contributed by atoms with van der Waals surface area (Å²) in [7, 11) is 0. The Morgan fingerprint density at radius 1 is 1.00 bits per heavy atom. The average Bonchev–Trinajstić information content (AvgIpc) is 3.18. The van der Waals surface area contributed by atoms with Crippen LogP contribution in [0.2, 0.25) is 0 Å². The third-order valence-electron chi connectivity index (χ3n) is 4.46. The summed E-state index contributed by atoms with van der Waals surface area (Å²) in [6, 6.07) is 22.9. The van der Waals surface area contributed by atoms with Crippen molar-refractivity contribution in [3.63, 3.8) is 0 Å². The molecule has 0 atom stereocenters. The second-order valence-corrected chi connectivity index (χ2v) is 7.80. The van der Waals surface area contributed by atoms with Crippen LogP contribution in [0.4, 0.5) is 14.5 Å². The number of thiazole rings is 1. The molecule has 2 N–H and O–H groups in total. The minimum absolute atomic E-state index is 0.337. The maximum absolute atomic E-state index is 13.2. The summed E-state index contributed by atoms with van der Waals surface area (Å²) in [4.78, 5) is 17.2. The standard InChI is InChI=1S/C24H19FN4OS/c1-16-7-9-17(10-8-16)15-26-29-24-27-21(18-5-3-2-4-6-18)23(31-24)28-22(30)19-11-13-20(25)14-12-19/h2-15H,1H3,(H,27,29)(H,28,30)/b26-15+. The SMILES string of the molecule is Cc1ccc(/C=N/Nc2nc(-c3ccccc3)c(NC(=O)c3ccc(F)cc3)s2)cc1. The van der Waals surface area contributed by atoms with Gasteiger partial charge in [0.2, 0.25) is 5.13 Å². The highest BCUT2D eigenvalue weighted by molar-refractivity contribution is 7.20. The van der Waals surface area contributed by atoms with Crippen LogP contribution in [-0.4, -0.2) is 17.1 Å². The molecule has 4 aromatic rings. The zero-order valence-electron chi connectivity index (χ0n) is 16.7. The molecule has 1 aromatic heterocycles. The molecule has 1 amide bonds. The highest BCUT2D eigenvalue weighted by Gasteiger charge is 2.16. The highest BCUT2D eigenvalue weighted by atomic mass is 32.1. The van der Waals surface area contributed by atoms with Crippen LogP contribution in [0, 0.1) is 12.7 Å². The van der Waals surface area contributed by atoms with Crippen molar-refractivity contribution in [1.29, 1.82) is 0 Å². The van der Waals surface area contributed by atoms with E-state index in [-0.39, 0.29) is 5.91 Å². The predicted molar refractivity (Wildman–Crippen MR) is 124 cm³/mol. The molecule has 7 heteroatoms. The normalized spacial score (nSPS) is 10.9. The van der Waals surface area contributed by atoms with Crippen molar-refractivity contribution in [1.82, 2.24) is 4.98 Å². The number of carbonyl (C=O) groups is 1. The summed E-state index contributed by atoms with van der Waals surface area (Å²) in [6.07, 6.45) is 1.71. The van der Waals surface area contributed by atoms with Gasteiger partial charge in [-0.25, -0.2) is 9.37 Å². The molecule has 0 aliphatic carbocycles.